The van der Waals surface area contributed by atoms with Crippen LogP contribution in [-0.2, 0) is 20.7 Å². The average Bonchev–Trinajstić information content (AvgIpc) is 2.73. The van der Waals surface area contributed by atoms with E-state index >= 15 is 0 Å². The van der Waals surface area contributed by atoms with Gasteiger partial charge < -0.3 is 25.0 Å². The molecule has 33 heavy (non-hydrogen) atoms. The Morgan fingerprint density at radius 1 is 1.09 bits per heavy atom. The Bertz CT molecular complexity index is 864. The number of nitrogens with one attached hydrogen (secondary N) is 1. The van der Waals surface area contributed by atoms with Gasteiger partial charge in [0.05, 0.1) is 12.7 Å². The van der Waals surface area contributed by atoms with E-state index in [-0.39, 0.29) is 17.9 Å². The van der Waals surface area contributed by atoms with Gasteiger partial charge in [-0.15, -0.1) is 6.58 Å². The number of ether oxygens (including phenoxy) is 2. The molecular weight excluding hydrogens is 422 g/mol. The van der Waals surface area contributed by atoms with Crippen LogP contribution in [0.15, 0.2) is 55.1 Å². The van der Waals surface area contributed by atoms with Crippen LogP contribution in [0.3, 0.4) is 0 Å². The van der Waals surface area contributed by atoms with Crippen LogP contribution < -0.4 is 5.32 Å². The fourth-order valence-electron chi connectivity index (χ4n) is 2.71. The lowest BCUT2D eigenvalue weighted by Crippen LogP contribution is -2.45. The summed E-state index contributed by atoms with van der Waals surface area (Å²) < 4.78 is 9.90. The van der Waals surface area contributed by atoms with Gasteiger partial charge >= 0.3 is 12.1 Å². The Morgan fingerprint density at radius 3 is 2.00 bits per heavy atom. The molecule has 2 aromatic carbocycles. The van der Waals surface area contributed by atoms with E-state index in [4.69, 9.17) is 9.47 Å². The van der Waals surface area contributed by atoms with Gasteiger partial charge in [-0.2, -0.15) is 0 Å². The molecule has 1 atom stereocenters. The van der Waals surface area contributed by atoms with E-state index in [1.807, 2.05) is 26.8 Å². The van der Waals surface area contributed by atoms with Crippen LogP contribution in [-0.4, -0.2) is 41.0 Å². The molecule has 0 aliphatic carbocycles. The van der Waals surface area contributed by atoms with Crippen LogP contribution in [0.4, 0.5) is 4.79 Å². The second kappa shape index (κ2) is 14.6. The summed E-state index contributed by atoms with van der Waals surface area (Å²) in [6.45, 7) is 14.4. The summed E-state index contributed by atoms with van der Waals surface area (Å²) in [5.74, 6) is -0.943. The largest absolute Gasteiger partial charge is 0.507 e. The Morgan fingerprint density at radius 2 is 1.58 bits per heavy atom. The molecule has 0 radical (unpaired) electrons. The molecule has 0 bridgehead atoms. The van der Waals surface area contributed by atoms with Crippen molar-refractivity contribution in [3.63, 3.8) is 0 Å². The molecule has 3 N–H and O–H groups in total. The van der Waals surface area contributed by atoms with Crippen molar-refractivity contribution in [3.8, 4) is 22.6 Å². The normalized spacial score (nSPS) is 10.9. The zero-order chi connectivity index (χ0) is 25.6. The molecule has 7 heteroatoms. The van der Waals surface area contributed by atoms with E-state index in [2.05, 4.69) is 11.9 Å². The smallest absolute Gasteiger partial charge is 0.408 e. The van der Waals surface area contributed by atoms with E-state index in [0.29, 0.717) is 16.7 Å². The van der Waals surface area contributed by atoms with Crippen molar-refractivity contribution in [2.45, 2.75) is 59.6 Å². The molecule has 0 heterocycles. The molecule has 0 saturated heterocycles. The second-order valence-corrected chi connectivity index (χ2v) is 7.71. The summed E-state index contributed by atoms with van der Waals surface area (Å²) in [5.41, 5.74) is 0.666. The average molecular weight is 460 g/mol. The number of phenolic OH excluding ortho intramolecular Hbond substituents is 2. The zero-order valence-electron chi connectivity index (χ0n) is 20.6. The lowest BCUT2D eigenvalue weighted by Gasteiger charge is -2.23. The summed E-state index contributed by atoms with van der Waals surface area (Å²) in [6.07, 6.45) is 0.986. The number of alkyl carbamates (subject to hydrolysis) is 1. The Hall–Kier alpha value is -3.48. The van der Waals surface area contributed by atoms with Gasteiger partial charge in [0.1, 0.15) is 23.1 Å². The van der Waals surface area contributed by atoms with Gasteiger partial charge in [0.2, 0.25) is 0 Å². The van der Waals surface area contributed by atoms with Crippen molar-refractivity contribution < 1.29 is 29.3 Å². The summed E-state index contributed by atoms with van der Waals surface area (Å²) in [6, 6.07) is 10.8. The summed E-state index contributed by atoms with van der Waals surface area (Å²) >= 11 is 0. The number of allylic oxidation sites excluding steroid dienone is 1. The van der Waals surface area contributed by atoms with Crippen LogP contribution in [0, 0.1) is 0 Å². The third kappa shape index (κ3) is 10.6. The van der Waals surface area contributed by atoms with E-state index in [1.165, 1.54) is 19.2 Å². The summed E-state index contributed by atoms with van der Waals surface area (Å²) in [5, 5.41) is 23.2. The van der Waals surface area contributed by atoms with Crippen molar-refractivity contribution in [1.82, 2.24) is 5.32 Å². The lowest BCUT2D eigenvalue weighted by molar-refractivity contribution is -0.143. The molecular formula is C26H37NO6. The first-order valence-electron chi connectivity index (χ1n) is 10.8. The number of hydrogen-bond donors (Lipinski definition) is 3. The van der Waals surface area contributed by atoms with E-state index in [0.717, 1.165) is 0 Å². The SMILES string of the molecule is C=CC.CC.COC(=O)C(Cc1cc(O)c(-c2ccccc2)c(O)c1)NC(=O)OC(C)(C)C. The molecule has 0 saturated carbocycles. The molecule has 0 aromatic heterocycles. The first kappa shape index (κ1) is 29.5. The molecule has 1 amide bonds. The van der Waals surface area contributed by atoms with Crippen LogP contribution in [0.2, 0.25) is 0 Å². The van der Waals surface area contributed by atoms with E-state index in [9.17, 15) is 19.8 Å². The fraction of sp³-hybridized carbons (Fsp3) is 0.385. The molecule has 0 spiro atoms. The minimum atomic E-state index is -1.04. The highest BCUT2D eigenvalue weighted by atomic mass is 16.6. The Balaban J connectivity index is 0.00000189. The van der Waals surface area contributed by atoms with Crippen LogP contribution in [0.25, 0.3) is 11.1 Å². The van der Waals surface area contributed by atoms with Crippen LogP contribution in [0.1, 0.15) is 47.1 Å². The topological polar surface area (TPSA) is 105 Å². The van der Waals surface area contributed by atoms with E-state index < -0.39 is 23.7 Å². The predicted octanol–water partition coefficient (Wildman–Crippen LogP) is 5.59. The number of carbonyl (C=O) groups excluding carboxylic acids is 2. The molecule has 0 aliphatic heterocycles. The number of benzene rings is 2. The highest BCUT2D eigenvalue weighted by molar-refractivity contribution is 5.82. The first-order chi connectivity index (χ1) is 15.5. The predicted molar refractivity (Wildman–Crippen MR) is 131 cm³/mol. The van der Waals surface area contributed by atoms with Gasteiger partial charge in [0, 0.05) is 6.42 Å². The number of amides is 1. The molecule has 182 valence electrons. The minimum Gasteiger partial charge on any atom is -0.507 e. The van der Waals surface area contributed by atoms with Crippen molar-refractivity contribution >= 4 is 12.1 Å². The highest BCUT2D eigenvalue weighted by Gasteiger charge is 2.26. The highest BCUT2D eigenvalue weighted by Crippen LogP contribution is 2.38. The molecule has 2 rings (SSSR count). The number of hydrogen-bond acceptors (Lipinski definition) is 6. The molecule has 7 nitrogen and oxygen atoms in total. The monoisotopic (exact) mass is 459 g/mol. The first-order valence-corrected chi connectivity index (χ1v) is 10.8. The van der Waals surface area contributed by atoms with Crippen molar-refractivity contribution in [2.75, 3.05) is 7.11 Å². The van der Waals surface area contributed by atoms with Gasteiger partial charge in [-0.3, -0.25) is 0 Å². The Kier molecular flexibility index (Phi) is 13.0. The third-order valence-electron chi connectivity index (χ3n) is 3.84. The standard InChI is InChI=1S/C21H25NO6.C3H6.C2H6/c1-21(2,3)28-20(26)22-15(19(25)27-4)10-13-11-16(23)18(17(24)12-13)14-8-6-5-7-9-14;1-3-2;1-2/h5-9,11-12,15,23-24H,10H2,1-4H3,(H,22,26);3H,1H2,2H3;1-2H3. The lowest BCUT2D eigenvalue weighted by atomic mass is 9.98. The maximum Gasteiger partial charge on any atom is 0.408 e. The maximum atomic E-state index is 12.1. The van der Waals surface area contributed by atoms with Gasteiger partial charge in [0.15, 0.2) is 0 Å². The maximum absolute atomic E-state index is 12.1. The molecule has 1 unspecified atom stereocenters. The van der Waals surface area contributed by atoms with Crippen molar-refractivity contribution in [3.05, 3.63) is 60.7 Å². The molecule has 0 fully saturated rings. The Labute approximate surface area is 197 Å². The van der Waals surface area contributed by atoms with Crippen LogP contribution >= 0.6 is 0 Å². The fourth-order valence-corrected chi connectivity index (χ4v) is 2.71. The molecule has 0 aliphatic rings. The van der Waals surface area contributed by atoms with Crippen LogP contribution in [0.5, 0.6) is 11.5 Å². The van der Waals surface area contributed by atoms with E-state index in [1.54, 1.807) is 51.1 Å². The van der Waals surface area contributed by atoms with Gasteiger partial charge in [-0.05, 0) is 51.0 Å². The van der Waals surface area contributed by atoms with Gasteiger partial charge in [0.25, 0.3) is 0 Å². The number of aromatic hydroxyl groups is 2. The number of rotatable bonds is 5. The van der Waals surface area contributed by atoms with Crippen molar-refractivity contribution in [1.29, 1.82) is 0 Å². The minimum absolute atomic E-state index is 0.00209. The summed E-state index contributed by atoms with van der Waals surface area (Å²) in [7, 11) is 1.21. The molecule has 2 aromatic rings. The number of esters is 1. The summed E-state index contributed by atoms with van der Waals surface area (Å²) in [4.78, 5) is 24.1. The number of methoxy groups -OCH3 is 1. The zero-order valence-corrected chi connectivity index (χ0v) is 20.6. The number of phenols is 2. The number of carbonyl (C=O) groups is 2. The quantitative estimate of drug-likeness (QED) is 0.397. The third-order valence-corrected chi connectivity index (χ3v) is 3.84. The van der Waals surface area contributed by atoms with Crippen molar-refractivity contribution in [2.24, 2.45) is 0 Å². The van der Waals surface area contributed by atoms with Gasteiger partial charge in [-0.1, -0.05) is 50.3 Å². The van der Waals surface area contributed by atoms with Gasteiger partial charge in [-0.25, -0.2) is 9.59 Å². The second-order valence-electron chi connectivity index (χ2n) is 7.71.